The Labute approximate surface area is 127 Å². The third-order valence-electron chi connectivity index (χ3n) is 4.51. The molecule has 3 nitrogen and oxygen atoms in total. The number of amides is 1. The minimum Gasteiger partial charge on any atom is -0.340 e. The maximum Gasteiger partial charge on any atom is 0.225 e. The number of nitrogens with one attached hydrogen (secondary N) is 1. The number of nitriles is 1. The van der Waals surface area contributed by atoms with Gasteiger partial charge >= 0.3 is 0 Å². The van der Waals surface area contributed by atoms with Gasteiger partial charge in [-0.2, -0.15) is 5.26 Å². The van der Waals surface area contributed by atoms with Crippen LogP contribution in [0.4, 0.5) is 0 Å². The molecule has 1 aromatic carbocycles. The number of rotatable bonds is 4. The van der Waals surface area contributed by atoms with Gasteiger partial charge in [-0.1, -0.05) is 37.5 Å². The Morgan fingerprint density at radius 2 is 2.00 bits per heavy atom. The Morgan fingerprint density at radius 3 is 2.62 bits per heavy atom. The van der Waals surface area contributed by atoms with Crippen molar-refractivity contribution in [2.45, 2.75) is 58.4 Å². The molecule has 0 radical (unpaired) electrons. The van der Waals surface area contributed by atoms with Gasteiger partial charge in [-0.15, -0.1) is 0 Å². The number of aryl methyl sites for hydroxylation is 2. The van der Waals surface area contributed by atoms with Crippen LogP contribution in [0.15, 0.2) is 18.2 Å². The van der Waals surface area contributed by atoms with Gasteiger partial charge in [0.25, 0.3) is 0 Å². The highest BCUT2D eigenvalue weighted by atomic mass is 16.1. The van der Waals surface area contributed by atoms with Crippen LogP contribution >= 0.6 is 0 Å². The lowest BCUT2D eigenvalue weighted by Crippen LogP contribution is -2.40. The van der Waals surface area contributed by atoms with Gasteiger partial charge in [0.15, 0.2) is 0 Å². The monoisotopic (exact) mass is 284 g/mol. The lowest BCUT2D eigenvalue weighted by molar-refractivity contribution is -0.121. The van der Waals surface area contributed by atoms with Crippen LogP contribution in [0.25, 0.3) is 0 Å². The first-order valence-electron chi connectivity index (χ1n) is 7.85. The molecule has 0 aliphatic heterocycles. The van der Waals surface area contributed by atoms with E-state index in [9.17, 15) is 10.1 Å². The second kappa shape index (κ2) is 7.26. The Hall–Kier alpha value is -1.82. The summed E-state index contributed by atoms with van der Waals surface area (Å²) in [6, 6.07) is 8.03. The summed E-state index contributed by atoms with van der Waals surface area (Å²) in [5, 5.41) is 12.2. The Bertz CT molecular complexity index is 539. The quantitative estimate of drug-likeness (QED) is 0.921. The fourth-order valence-electron chi connectivity index (χ4n) is 3.05. The van der Waals surface area contributed by atoms with Crippen LogP contribution < -0.4 is 5.32 Å². The lowest BCUT2D eigenvalue weighted by atomic mass is 9.84. The van der Waals surface area contributed by atoms with Crippen LogP contribution in [0.2, 0.25) is 0 Å². The summed E-state index contributed by atoms with van der Waals surface area (Å²) in [7, 11) is 0. The molecule has 0 aromatic heterocycles. The highest BCUT2D eigenvalue weighted by molar-refractivity contribution is 5.79. The van der Waals surface area contributed by atoms with Crippen molar-refractivity contribution in [3.8, 4) is 6.07 Å². The van der Waals surface area contributed by atoms with Crippen molar-refractivity contribution in [3.05, 3.63) is 34.9 Å². The summed E-state index contributed by atoms with van der Waals surface area (Å²) in [5.41, 5.74) is 3.44. The van der Waals surface area contributed by atoms with Gasteiger partial charge in [0.1, 0.15) is 6.04 Å². The fraction of sp³-hybridized carbons (Fsp3) is 0.556. The van der Waals surface area contributed by atoms with Crippen molar-refractivity contribution >= 4 is 5.91 Å². The summed E-state index contributed by atoms with van der Waals surface area (Å²) < 4.78 is 0. The van der Waals surface area contributed by atoms with Crippen LogP contribution in [0.5, 0.6) is 0 Å². The van der Waals surface area contributed by atoms with E-state index in [0.717, 1.165) is 18.4 Å². The summed E-state index contributed by atoms with van der Waals surface area (Å²) in [6.07, 6.45) is 6.08. The van der Waals surface area contributed by atoms with Gasteiger partial charge in [0.05, 0.1) is 12.5 Å². The SMILES string of the molecule is Cc1ccc(CC(=O)NC(C#N)C2CCCCC2)cc1C. The molecule has 21 heavy (non-hydrogen) atoms. The van der Waals surface area contributed by atoms with Crippen LogP contribution in [0, 0.1) is 31.1 Å². The van der Waals surface area contributed by atoms with Gasteiger partial charge in [-0.25, -0.2) is 0 Å². The molecule has 112 valence electrons. The molecule has 1 atom stereocenters. The number of nitrogens with zero attached hydrogens (tertiary/aromatic N) is 1. The molecule has 1 aromatic rings. The first-order chi connectivity index (χ1) is 10.1. The number of benzene rings is 1. The van der Waals surface area contributed by atoms with Crippen molar-refractivity contribution in [1.29, 1.82) is 5.26 Å². The topological polar surface area (TPSA) is 52.9 Å². The number of hydrogen-bond donors (Lipinski definition) is 1. The molecule has 1 fully saturated rings. The summed E-state index contributed by atoms with van der Waals surface area (Å²) >= 11 is 0. The highest BCUT2D eigenvalue weighted by Crippen LogP contribution is 2.26. The Balaban J connectivity index is 1.93. The zero-order valence-electron chi connectivity index (χ0n) is 13.0. The van der Waals surface area contributed by atoms with Gasteiger partial charge in [0, 0.05) is 0 Å². The number of carbonyl (C=O) groups is 1. The number of carbonyl (C=O) groups excluding carboxylic acids is 1. The zero-order chi connectivity index (χ0) is 15.2. The molecule has 3 heteroatoms. The molecule has 0 saturated heterocycles. The molecule has 0 bridgehead atoms. The van der Waals surface area contributed by atoms with Crippen LogP contribution in [-0.4, -0.2) is 11.9 Å². The predicted molar refractivity (Wildman–Crippen MR) is 83.7 cm³/mol. The third kappa shape index (κ3) is 4.32. The zero-order valence-corrected chi connectivity index (χ0v) is 13.0. The molecule has 1 aliphatic carbocycles. The van der Waals surface area contributed by atoms with Crippen molar-refractivity contribution in [1.82, 2.24) is 5.32 Å². The lowest BCUT2D eigenvalue weighted by Gasteiger charge is -2.26. The standard InChI is InChI=1S/C18H24N2O/c1-13-8-9-15(10-14(13)2)11-18(21)20-17(12-19)16-6-4-3-5-7-16/h8-10,16-17H,3-7,11H2,1-2H3,(H,20,21). The van der Waals surface area contributed by atoms with Gasteiger partial charge in [-0.3, -0.25) is 4.79 Å². The molecule has 0 spiro atoms. The fourth-order valence-corrected chi connectivity index (χ4v) is 3.05. The van der Waals surface area contributed by atoms with E-state index in [1.165, 1.54) is 30.4 Å². The van der Waals surface area contributed by atoms with E-state index < -0.39 is 0 Å². The molecule has 1 amide bonds. The Kier molecular flexibility index (Phi) is 5.38. The van der Waals surface area contributed by atoms with Gasteiger partial charge in [0.2, 0.25) is 5.91 Å². The molecule has 1 aliphatic rings. The minimum absolute atomic E-state index is 0.0459. The van der Waals surface area contributed by atoms with E-state index in [1.54, 1.807) is 0 Å². The molecule has 1 saturated carbocycles. The average Bonchev–Trinajstić information content (AvgIpc) is 2.49. The second-order valence-corrected chi connectivity index (χ2v) is 6.17. The van der Waals surface area contributed by atoms with Crippen molar-refractivity contribution in [2.24, 2.45) is 5.92 Å². The molecular formula is C18H24N2O. The average molecular weight is 284 g/mol. The smallest absolute Gasteiger partial charge is 0.225 e. The summed E-state index contributed by atoms with van der Waals surface area (Å²) in [5.74, 6) is 0.280. The van der Waals surface area contributed by atoms with E-state index in [1.807, 2.05) is 12.1 Å². The van der Waals surface area contributed by atoms with Gasteiger partial charge < -0.3 is 5.32 Å². The van der Waals surface area contributed by atoms with Crippen LogP contribution in [0.3, 0.4) is 0 Å². The van der Waals surface area contributed by atoms with E-state index in [4.69, 9.17) is 0 Å². The van der Waals surface area contributed by atoms with Crippen LogP contribution in [-0.2, 0) is 11.2 Å². The normalized spacial score (nSPS) is 17.0. The maximum absolute atomic E-state index is 12.2. The summed E-state index contributed by atoms with van der Waals surface area (Å²) in [4.78, 5) is 12.2. The van der Waals surface area contributed by atoms with E-state index in [-0.39, 0.29) is 11.9 Å². The van der Waals surface area contributed by atoms with E-state index in [2.05, 4.69) is 31.3 Å². The van der Waals surface area contributed by atoms with Crippen molar-refractivity contribution in [2.75, 3.05) is 0 Å². The van der Waals surface area contributed by atoms with Crippen molar-refractivity contribution in [3.63, 3.8) is 0 Å². The summed E-state index contributed by atoms with van der Waals surface area (Å²) in [6.45, 7) is 4.12. The first kappa shape index (κ1) is 15.6. The van der Waals surface area contributed by atoms with Gasteiger partial charge in [-0.05, 0) is 49.3 Å². The molecule has 1 unspecified atom stereocenters. The molecule has 1 N–H and O–H groups in total. The van der Waals surface area contributed by atoms with E-state index in [0.29, 0.717) is 12.3 Å². The third-order valence-corrected chi connectivity index (χ3v) is 4.51. The minimum atomic E-state index is -0.329. The predicted octanol–water partition coefficient (Wildman–Crippen LogP) is 3.43. The highest BCUT2D eigenvalue weighted by Gasteiger charge is 2.24. The maximum atomic E-state index is 12.2. The molecule has 0 heterocycles. The Morgan fingerprint density at radius 1 is 1.29 bits per heavy atom. The van der Waals surface area contributed by atoms with E-state index >= 15 is 0 Å². The molecule has 2 rings (SSSR count). The largest absolute Gasteiger partial charge is 0.340 e. The van der Waals surface area contributed by atoms with Crippen LogP contribution in [0.1, 0.15) is 48.8 Å². The van der Waals surface area contributed by atoms with Crippen molar-refractivity contribution < 1.29 is 4.79 Å². The first-order valence-corrected chi connectivity index (χ1v) is 7.85. The molecular weight excluding hydrogens is 260 g/mol. The number of hydrogen-bond acceptors (Lipinski definition) is 2. The second-order valence-electron chi connectivity index (χ2n) is 6.17.